The van der Waals surface area contributed by atoms with Crippen LogP contribution < -0.4 is 20.7 Å². The number of morpholine rings is 1. The lowest BCUT2D eigenvalue weighted by Crippen LogP contribution is -2.54. The molecule has 3 aromatic rings. The number of rotatable bonds is 14. The zero-order chi connectivity index (χ0) is 28.9. The lowest BCUT2D eigenvalue weighted by atomic mass is 9.90. The molecule has 2 aromatic carbocycles. The first-order chi connectivity index (χ1) is 20.0. The third-order valence-corrected chi connectivity index (χ3v) is 7.12. The van der Waals surface area contributed by atoms with E-state index in [4.69, 9.17) is 9.47 Å². The molecule has 0 radical (unpaired) electrons. The summed E-state index contributed by atoms with van der Waals surface area (Å²) >= 11 is 0. The smallest absolute Gasteiger partial charge is 0.242 e. The molecular weight excluding hydrogens is 516 g/mol. The number of carbonyl (C=O) groups excluding carboxylic acids is 2. The topological polar surface area (TPSA) is 102 Å². The van der Waals surface area contributed by atoms with Crippen molar-refractivity contribution in [2.45, 2.75) is 51.9 Å². The maximum absolute atomic E-state index is 13.6. The summed E-state index contributed by atoms with van der Waals surface area (Å²) in [5.74, 6) is 0.340. The lowest BCUT2D eigenvalue weighted by Gasteiger charge is -2.32. The minimum atomic E-state index is -0.728. The number of pyridine rings is 1. The van der Waals surface area contributed by atoms with E-state index in [0.29, 0.717) is 51.5 Å². The molecule has 8 heteroatoms. The number of hydrogen-bond donors (Lipinski definition) is 3. The van der Waals surface area contributed by atoms with Crippen molar-refractivity contribution < 1.29 is 19.1 Å². The third-order valence-electron chi connectivity index (χ3n) is 7.12. The molecule has 4 rings (SSSR count). The standard InChI is InChI=1S/C33H42N4O4/c1-24(2)20-29(31-22-34-18-19-40-31)32(38)37-30(33(39)36-17-15-27-10-6-7-16-35-27)21-25-11-13-28(14-12-25)41-23-26-8-4-3-5-9-26/h3-14,16,24,29-31,34H,15,17-23H2,1-2H3,(H,36,39)(H,37,38)/t29?,30-,31-/m0/s1. The van der Waals surface area contributed by atoms with Crippen LogP contribution in [0.15, 0.2) is 79.0 Å². The number of amides is 2. The van der Waals surface area contributed by atoms with Crippen molar-refractivity contribution in [2.75, 3.05) is 26.2 Å². The lowest BCUT2D eigenvalue weighted by molar-refractivity contribution is -0.136. The number of ether oxygens (including phenoxy) is 2. The molecule has 0 aliphatic carbocycles. The molecule has 1 aliphatic heterocycles. The van der Waals surface area contributed by atoms with Gasteiger partial charge in [-0.2, -0.15) is 0 Å². The predicted molar refractivity (Wildman–Crippen MR) is 159 cm³/mol. The summed E-state index contributed by atoms with van der Waals surface area (Å²) in [6.45, 7) is 7.07. The van der Waals surface area contributed by atoms with E-state index in [-0.39, 0.29) is 23.8 Å². The van der Waals surface area contributed by atoms with Crippen LogP contribution in [-0.2, 0) is 33.8 Å². The molecule has 2 amide bonds. The van der Waals surface area contributed by atoms with Gasteiger partial charge in [-0.15, -0.1) is 0 Å². The van der Waals surface area contributed by atoms with Crippen molar-refractivity contribution in [1.82, 2.24) is 20.9 Å². The van der Waals surface area contributed by atoms with Crippen LogP contribution in [0.4, 0.5) is 0 Å². The van der Waals surface area contributed by atoms with Crippen LogP contribution in [0.3, 0.4) is 0 Å². The first-order valence-electron chi connectivity index (χ1n) is 14.5. The van der Waals surface area contributed by atoms with Crippen molar-refractivity contribution in [3.63, 3.8) is 0 Å². The van der Waals surface area contributed by atoms with Gasteiger partial charge in [-0.1, -0.05) is 62.4 Å². The monoisotopic (exact) mass is 558 g/mol. The Morgan fingerprint density at radius 1 is 1.00 bits per heavy atom. The molecule has 0 spiro atoms. The van der Waals surface area contributed by atoms with E-state index < -0.39 is 6.04 Å². The van der Waals surface area contributed by atoms with Gasteiger partial charge in [0.15, 0.2) is 0 Å². The highest BCUT2D eigenvalue weighted by molar-refractivity contribution is 5.89. The highest BCUT2D eigenvalue weighted by atomic mass is 16.5. The van der Waals surface area contributed by atoms with E-state index in [0.717, 1.165) is 29.1 Å². The van der Waals surface area contributed by atoms with Gasteiger partial charge in [-0.25, -0.2) is 0 Å². The number of hydrogen-bond acceptors (Lipinski definition) is 6. The number of nitrogens with one attached hydrogen (secondary N) is 3. The van der Waals surface area contributed by atoms with Gasteiger partial charge in [-0.05, 0) is 47.7 Å². The molecule has 0 bridgehead atoms. The van der Waals surface area contributed by atoms with Gasteiger partial charge < -0.3 is 25.4 Å². The van der Waals surface area contributed by atoms with Gasteiger partial charge in [0.05, 0.1) is 18.6 Å². The third kappa shape index (κ3) is 9.99. The number of carbonyl (C=O) groups is 2. The molecule has 3 atom stereocenters. The van der Waals surface area contributed by atoms with Crippen molar-refractivity contribution in [3.05, 3.63) is 95.8 Å². The Kier molecular flexibility index (Phi) is 11.7. The van der Waals surface area contributed by atoms with Gasteiger partial charge in [0.2, 0.25) is 11.8 Å². The van der Waals surface area contributed by atoms with Crippen LogP contribution in [0, 0.1) is 11.8 Å². The summed E-state index contributed by atoms with van der Waals surface area (Å²) in [6, 6.07) is 22.7. The number of benzene rings is 2. The molecular formula is C33H42N4O4. The van der Waals surface area contributed by atoms with Gasteiger partial charge in [0.25, 0.3) is 0 Å². The van der Waals surface area contributed by atoms with E-state index in [1.54, 1.807) is 6.20 Å². The van der Waals surface area contributed by atoms with Crippen molar-refractivity contribution in [2.24, 2.45) is 11.8 Å². The first-order valence-corrected chi connectivity index (χ1v) is 14.5. The quantitative estimate of drug-likeness (QED) is 0.279. The molecule has 2 heterocycles. The van der Waals surface area contributed by atoms with E-state index in [2.05, 4.69) is 34.8 Å². The van der Waals surface area contributed by atoms with Gasteiger partial charge in [0.1, 0.15) is 18.4 Å². The second kappa shape index (κ2) is 15.9. The molecule has 8 nitrogen and oxygen atoms in total. The van der Waals surface area contributed by atoms with Gasteiger partial charge in [-0.3, -0.25) is 14.6 Å². The van der Waals surface area contributed by atoms with E-state index >= 15 is 0 Å². The zero-order valence-electron chi connectivity index (χ0n) is 24.1. The van der Waals surface area contributed by atoms with Crippen LogP contribution in [0.1, 0.15) is 37.1 Å². The minimum absolute atomic E-state index is 0.153. The molecule has 1 fully saturated rings. The van der Waals surface area contributed by atoms with Crippen molar-refractivity contribution in [1.29, 1.82) is 0 Å². The molecule has 1 unspecified atom stereocenters. The Hall–Kier alpha value is -3.75. The molecule has 0 saturated carbocycles. The average Bonchev–Trinajstić information content (AvgIpc) is 3.00. The second-order valence-electron chi connectivity index (χ2n) is 10.9. The summed E-state index contributed by atoms with van der Waals surface area (Å²) in [5, 5.41) is 9.40. The summed E-state index contributed by atoms with van der Waals surface area (Å²) in [5.41, 5.74) is 2.92. The molecule has 41 heavy (non-hydrogen) atoms. The summed E-state index contributed by atoms with van der Waals surface area (Å²) < 4.78 is 11.9. The first kappa shape index (κ1) is 30.2. The largest absolute Gasteiger partial charge is 0.489 e. The second-order valence-corrected chi connectivity index (χ2v) is 10.9. The molecule has 1 aliphatic rings. The van der Waals surface area contributed by atoms with E-state index in [9.17, 15) is 9.59 Å². The fourth-order valence-corrected chi connectivity index (χ4v) is 4.95. The van der Waals surface area contributed by atoms with Gasteiger partial charge in [0, 0.05) is 44.4 Å². The Morgan fingerprint density at radius 2 is 1.78 bits per heavy atom. The Labute approximate surface area is 243 Å². The molecule has 1 aromatic heterocycles. The summed E-state index contributed by atoms with van der Waals surface area (Å²) in [7, 11) is 0. The predicted octanol–water partition coefficient (Wildman–Crippen LogP) is 3.70. The molecule has 218 valence electrons. The number of nitrogens with zero attached hydrogens (tertiary/aromatic N) is 1. The average molecular weight is 559 g/mol. The maximum Gasteiger partial charge on any atom is 0.242 e. The van der Waals surface area contributed by atoms with Crippen LogP contribution >= 0.6 is 0 Å². The van der Waals surface area contributed by atoms with Crippen LogP contribution in [0.2, 0.25) is 0 Å². The fourth-order valence-electron chi connectivity index (χ4n) is 4.95. The normalized spacial score (nSPS) is 16.5. The van der Waals surface area contributed by atoms with E-state index in [1.165, 1.54) is 0 Å². The number of aromatic nitrogens is 1. The highest BCUT2D eigenvalue weighted by Gasteiger charge is 2.33. The zero-order valence-corrected chi connectivity index (χ0v) is 24.1. The molecule has 3 N–H and O–H groups in total. The maximum atomic E-state index is 13.6. The fraction of sp³-hybridized carbons (Fsp3) is 0.424. The summed E-state index contributed by atoms with van der Waals surface area (Å²) in [4.78, 5) is 31.4. The Balaban J connectivity index is 1.42. The minimum Gasteiger partial charge on any atom is -0.489 e. The van der Waals surface area contributed by atoms with E-state index in [1.807, 2.05) is 72.8 Å². The molecule has 1 saturated heterocycles. The van der Waals surface area contributed by atoms with Crippen LogP contribution in [-0.4, -0.2) is 55.2 Å². The van der Waals surface area contributed by atoms with Crippen LogP contribution in [0.5, 0.6) is 5.75 Å². The summed E-state index contributed by atoms with van der Waals surface area (Å²) in [6.07, 6.45) is 3.17. The van der Waals surface area contributed by atoms with Crippen molar-refractivity contribution >= 4 is 11.8 Å². The van der Waals surface area contributed by atoms with Crippen molar-refractivity contribution in [3.8, 4) is 5.75 Å². The SMILES string of the molecule is CC(C)CC(C(=O)N[C@@H](Cc1ccc(OCc2ccccc2)cc1)C(=O)NCCc1ccccn1)[C@@H]1CNCCO1. The van der Waals surface area contributed by atoms with Gasteiger partial charge >= 0.3 is 0 Å². The van der Waals surface area contributed by atoms with Crippen LogP contribution in [0.25, 0.3) is 0 Å². The highest BCUT2D eigenvalue weighted by Crippen LogP contribution is 2.21. The Morgan fingerprint density at radius 3 is 2.46 bits per heavy atom. The Bertz CT molecular complexity index is 1200.